The standard InChI is InChI=1S/C9H17N3O2/c1-2-10-7-9(14)12-5-3-8(13)11-4-6-12/h10H,2-7H2,1H3,(H,11,13). The fraction of sp³-hybridized carbons (Fsp3) is 0.778. The van der Waals surface area contributed by atoms with Crippen molar-refractivity contribution in [3.63, 3.8) is 0 Å². The van der Waals surface area contributed by atoms with Crippen molar-refractivity contribution in [1.82, 2.24) is 15.5 Å². The van der Waals surface area contributed by atoms with E-state index in [0.717, 1.165) is 6.54 Å². The van der Waals surface area contributed by atoms with E-state index in [-0.39, 0.29) is 11.8 Å². The Bertz CT molecular complexity index is 218. The van der Waals surface area contributed by atoms with Crippen LogP contribution in [-0.4, -0.2) is 49.4 Å². The fourth-order valence-electron chi connectivity index (χ4n) is 1.36. The van der Waals surface area contributed by atoms with E-state index in [0.29, 0.717) is 32.6 Å². The quantitative estimate of drug-likeness (QED) is 0.609. The summed E-state index contributed by atoms with van der Waals surface area (Å²) in [4.78, 5) is 24.3. The van der Waals surface area contributed by atoms with Gasteiger partial charge in [-0.1, -0.05) is 6.92 Å². The van der Waals surface area contributed by atoms with Gasteiger partial charge >= 0.3 is 0 Å². The van der Waals surface area contributed by atoms with Crippen molar-refractivity contribution in [3.8, 4) is 0 Å². The summed E-state index contributed by atoms with van der Waals surface area (Å²) in [5.41, 5.74) is 0. The van der Waals surface area contributed by atoms with Gasteiger partial charge in [-0.2, -0.15) is 0 Å². The average Bonchev–Trinajstić information content (AvgIpc) is 2.39. The summed E-state index contributed by atoms with van der Waals surface area (Å²) in [6.45, 7) is 4.84. The number of carbonyl (C=O) groups is 2. The molecule has 1 aliphatic heterocycles. The fourth-order valence-corrected chi connectivity index (χ4v) is 1.36. The zero-order chi connectivity index (χ0) is 10.4. The smallest absolute Gasteiger partial charge is 0.236 e. The molecule has 14 heavy (non-hydrogen) atoms. The van der Waals surface area contributed by atoms with E-state index in [4.69, 9.17) is 0 Å². The zero-order valence-electron chi connectivity index (χ0n) is 8.51. The molecule has 0 aromatic rings. The molecule has 0 aliphatic carbocycles. The summed E-state index contributed by atoms with van der Waals surface area (Å²) in [5, 5.41) is 5.71. The van der Waals surface area contributed by atoms with E-state index in [1.54, 1.807) is 4.90 Å². The minimum Gasteiger partial charge on any atom is -0.354 e. The highest BCUT2D eigenvalue weighted by molar-refractivity contribution is 5.81. The van der Waals surface area contributed by atoms with Crippen molar-refractivity contribution < 1.29 is 9.59 Å². The summed E-state index contributed by atoms with van der Waals surface area (Å²) in [6.07, 6.45) is 0.415. The second kappa shape index (κ2) is 5.59. The van der Waals surface area contributed by atoms with Crippen LogP contribution in [0.15, 0.2) is 0 Å². The second-order valence-corrected chi connectivity index (χ2v) is 3.26. The Morgan fingerprint density at radius 1 is 1.57 bits per heavy atom. The molecule has 1 fully saturated rings. The number of hydrogen-bond donors (Lipinski definition) is 2. The van der Waals surface area contributed by atoms with Crippen LogP contribution in [0.3, 0.4) is 0 Å². The predicted molar refractivity (Wildman–Crippen MR) is 52.8 cm³/mol. The van der Waals surface area contributed by atoms with Crippen LogP contribution in [0.2, 0.25) is 0 Å². The van der Waals surface area contributed by atoms with E-state index in [2.05, 4.69) is 10.6 Å². The first kappa shape index (κ1) is 11.0. The third kappa shape index (κ3) is 3.33. The highest BCUT2D eigenvalue weighted by Crippen LogP contribution is 1.96. The molecule has 80 valence electrons. The topological polar surface area (TPSA) is 61.4 Å². The Balaban J connectivity index is 2.35. The summed E-state index contributed by atoms with van der Waals surface area (Å²) in [5.74, 6) is 0.104. The Morgan fingerprint density at radius 3 is 3.07 bits per heavy atom. The van der Waals surface area contributed by atoms with Crippen LogP contribution in [0.4, 0.5) is 0 Å². The summed E-state index contributed by atoms with van der Waals surface area (Å²) < 4.78 is 0. The number of nitrogens with one attached hydrogen (secondary N) is 2. The van der Waals surface area contributed by atoms with Crippen LogP contribution < -0.4 is 10.6 Å². The largest absolute Gasteiger partial charge is 0.354 e. The van der Waals surface area contributed by atoms with Crippen molar-refractivity contribution in [2.24, 2.45) is 0 Å². The Hall–Kier alpha value is -1.10. The molecular formula is C9H17N3O2. The maximum absolute atomic E-state index is 11.5. The summed E-state index contributed by atoms with van der Waals surface area (Å²) in [6, 6.07) is 0. The molecule has 0 spiro atoms. The predicted octanol–water partition coefficient (Wildman–Crippen LogP) is -1.06. The zero-order valence-corrected chi connectivity index (χ0v) is 8.51. The molecule has 2 amide bonds. The van der Waals surface area contributed by atoms with Crippen LogP contribution in [0, 0.1) is 0 Å². The molecule has 1 saturated heterocycles. The average molecular weight is 199 g/mol. The second-order valence-electron chi connectivity index (χ2n) is 3.26. The molecule has 0 bridgehead atoms. The lowest BCUT2D eigenvalue weighted by molar-refractivity contribution is -0.130. The van der Waals surface area contributed by atoms with E-state index >= 15 is 0 Å². The molecule has 2 N–H and O–H groups in total. The van der Waals surface area contributed by atoms with Crippen molar-refractivity contribution >= 4 is 11.8 Å². The molecule has 1 heterocycles. The van der Waals surface area contributed by atoms with Gasteiger partial charge in [0.15, 0.2) is 0 Å². The van der Waals surface area contributed by atoms with Gasteiger partial charge in [-0.25, -0.2) is 0 Å². The molecule has 0 aromatic carbocycles. The first-order valence-corrected chi connectivity index (χ1v) is 4.99. The Kier molecular flexibility index (Phi) is 4.39. The highest BCUT2D eigenvalue weighted by Gasteiger charge is 2.17. The third-order valence-electron chi connectivity index (χ3n) is 2.19. The van der Waals surface area contributed by atoms with E-state index in [1.807, 2.05) is 6.92 Å². The molecule has 0 radical (unpaired) electrons. The minimum atomic E-state index is 0.0313. The minimum absolute atomic E-state index is 0.0313. The monoisotopic (exact) mass is 199 g/mol. The normalized spacial score (nSPS) is 17.5. The van der Waals surface area contributed by atoms with Gasteiger partial charge in [0.2, 0.25) is 11.8 Å². The number of hydrogen-bond acceptors (Lipinski definition) is 3. The lowest BCUT2D eigenvalue weighted by atomic mass is 10.3. The first-order valence-electron chi connectivity index (χ1n) is 4.99. The van der Waals surface area contributed by atoms with Gasteiger partial charge in [-0.15, -0.1) is 0 Å². The molecule has 0 unspecified atom stereocenters. The highest BCUT2D eigenvalue weighted by atomic mass is 16.2. The van der Waals surface area contributed by atoms with Crippen LogP contribution in [0.25, 0.3) is 0 Å². The molecule has 5 nitrogen and oxygen atoms in total. The van der Waals surface area contributed by atoms with Gasteiger partial charge in [0.05, 0.1) is 6.54 Å². The maximum Gasteiger partial charge on any atom is 0.236 e. The molecule has 0 aromatic heterocycles. The Labute approximate surface area is 83.8 Å². The number of nitrogens with zero attached hydrogens (tertiary/aromatic N) is 1. The van der Waals surface area contributed by atoms with Crippen molar-refractivity contribution in [1.29, 1.82) is 0 Å². The van der Waals surface area contributed by atoms with Crippen LogP contribution in [0.5, 0.6) is 0 Å². The van der Waals surface area contributed by atoms with Crippen LogP contribution >= 0.6 is 0 Å². The lowest BCUT2D eigenvalue weighted by Crippen LogP contribution is -2.40. The van der Waals surface area contributed by atoms with E-state index in [1.165, 1.54) is 0 Å². The van der Waals surface area contributed by atoms with E-state index in [9.17, 15) is 9.59 Å². The van der Waals surface area contributed by atoms with Crippen LogP contribution in [-0.2, 0) is 9.59 Å². The van der Waals surface area contributed by atoms with Gasteiger partial charge in [-0.05, 0) is 6.54 Å². The van der Waals surface area contributed by atoms with Gasteiger partial charge < -0.3 is 15.5 Å². The van der Waals surface area contributed by atoms with Crippen molar-refractivity contribution in [2.75, 3.05) is 32.7 Å². The summed E-state index contributed by atoms with van der Waals surface area (Å²) in [7, 11) is 0. The number of carbonyl (C=O) groups excluding carboxylic acids is 2. The molecule has 5 heteroatoms. The van der Waals surface area contributed by atoms with Gasteiger partial charge in [-0.3, -0.25) is 9.59 Å². The third-order valence-corrected chi connectivity index (χ3v) is 2.19. The molecule has 0 saturated carbocycles. The molecule has 0 atom stereocenters. The maximum atomic E-state index is 11.5. The van der Waals surface area contributed by atoms with Gasteiger partial charge in [0, 0.05) is 26.1 Å². The molecular weight excluding hydrogens is 182 g/mol. The number of likely N-dealkylation sites (N-methyl/N-ethyl adjacent to an activating group) is 1. The summed E-state index contributed by atoms with van der Waals surface area (Å²) >= 11 is 0. The molecule has 1 aliphatic rings. The van der Waals surface area contributed by atoms with Crippen LogP contribution in [0.1, 0.15) is 13.3 Å². The SMILES string of the molecule is CCNCC(=O)N1CCNC(=O)CC1. The van der Waals surface area contributed by atoms with E-state index < -0.39 is 0 Å². The lowest BCUT2D eigenvalue weighted by Gasteiger charge is -2.19. The Morgan fingerprint density at radius 2 is 2.36 bits per heavy atom. The van der Waals surface area contributed by atoms with Gasteiger partial charge in [0.25, 0.3) is 0 Å². The number of rotatable bonds is 3. The first-order chi connectivity index (χ1) is 6.74. The van der Waals surface area contributed by atoms with Crippen molar-refractivity contribution in [2.45, 2.75) is 13.3 Å². The molecule has 1 rings (SSSR count). The number of amides is 2. The van der Waals surface area contributed by atoms with Crippen molar-refractivity contribution in [3.05, 3.63) is 0 Å². The van der Waals surface area contributed by atoms with Gasteiger partial charge in [0.1, 0.15) is 0 Å².